The summed E-state index contributed by atoms with van der Waals surface area (Å²) in [5, 5.41) is 28.2. The number of methoxy groups -OCH3 is 1. The summed E-state index contributed by atoms with van der Waals surface area (Å²) in [6.07, 6.45) is 0. The summed E-state index contributed by atoms with van der Waals surface area (Å²) in [6, 6.07) is 7.78. The van der Waals surface area contributed by atoms with Gasteiger partial charge >= 0.3 is 10.4 Å². The Balaban J connectivity index is 1.97. The number of azo groups is 2. The molecule has 0 amide bonds. The molecule has 4 rings (SSSR count). The molecule has 30 heteroatoms. The summed E-state index contributed by atoms with van der Waals surface area (Å²) in [5.74, 6) is -3.43. The number of benzene rings is 4. The lowest BCUT2D eigenvalue weighted by Crippen LogP contribution is -2.15. The minimum atomic E-state index is -5.43. The van der Waals surface area contributed by atoms with Crippen LogP contribution >= 0.6 is 0 Å². The van der Waals surface area contributed by atoms with Gasteiger partial charge in [0.15, 0.2) is 25.4 Å². The summed E-state index contributed by atoms with van der Waals surface area (Å²) in [6.45, 7) is 2.12. The minimum absolute atomic E-state index is 0.179. The first-order valence-corrected chi connectivity index (χ1v) is 24.0. The van der Waals surface area contributed by atoms with Gasteiger partial charge in [-0.05, 0) is 54.6 Å². The number of nitrogens with zero attached hydrogens (tertiary/aromatic N) is 4. The van der Waals surface area contributed by atoms with E-state index in [9.17, 15) is 69.3 Å². The zero-order valence-electron chi connectivity index (χ0n) is 28.8. The van der Waals surface area contributed by atoms with Gasteiger partial charge < -0.3 is 15.2 Å². The lowest BCUT2D eigenvalue weighted by Gasteiger charge is -2.14. The number of phenols is 1. The van der Waals surface area contributed by atoms with Crippen molar-refractivity contribution >= 4 is 99.6 Å². The maximum Gasteiger partial charge on any atom is 0.397 e. The molecule has 314 valence electrons. The highest BCUT2D eigenvalue weighted by molar-refractivity contribution is 7.94. The van der Waals surface area contributed by atoms with Crippen molar-refractivity contribution in [2.75, 3.05) is 30.7 Å². The topological polar surface area (TPSA) is 386 Å². The van der Waals surface area contributed by atoms with Gasteiger partial charge in [0.2, 0.25) is 0 Å². The predicted molar refractivity (Wildman–Crippen MR) is 200 cm³/mol. The van der Waals surface area contributed by atoms with E-state index in [4.69, 9.17) is 9.29 Å². The second kappa shape index (κ2) is 16.7. The third-order valence-corrected chi connectivity index (χ3v) is 13.0. The number of sulfone groups is 2. The molecule has 0 fully saturated rings. The number of phenolic OH excluding ortho intramolecular Hbond substituents is 1. The maximum absolute atomic E-state index is 12.8. The van der Waals surface area contributed by atoms with E-state index in [0.717, 1.165) is 49.6 Å². The molecular formula is C28H27N5O19S6. The monoisotopic (exact) mass is 929 g/mol. The first kappa shape index (κ1) is 45.7. The number of ether oxygens (including phenoxy) is 1. The quantitative estimate of drug-likeness (QED) is 0.0650. The van der Waals surface area contributed by atoms with Crippen molar-refractivity contribution in [2.45, 2.75) is 19.6 Å². The van der Waals surface area contributed by atoms with Crippen LogP contribution in [-0.2, 0) is 64.6 Å². The maximum atomic E-state index is 12.8. The van der Waals surface area contributed by atoms with Crippen LogP contribution in [0.3, 0.4) is 0 Å². The summed E-state index contributed by atoms with van der Waals surface area (Å²) in [7, 11) is -27.9. The van der Waals surface area contributed by atoms with Crippen molar-refractivity contribution in [3.63, 3.8) is 0 Å². The van der Waals surface area contributed by atoms with Gasteiger partial charge in [0, 0.05) is 16.2 Å². The van der Waals surface area contributed by atoms with Crippen molar-refractivity contribution in [2.24, 2.45) is 20.5 Å². The van der Waals surface area contributed by atoms with Gasteiger partial charge in [-0.15, -0.1) is 20.5 Å². The Morgan fingerprint density at radius 1 is 0.690 bits per heavy atom. The van der Waals surface area contributed by atoms with Crippen LogP contribution in [0, 0.1) is 0 Å². The van der Waals surface area contributed by atoms with Crippen molar-refractivity contribution in [3.05, 3.63) is 66.6 Å². The van der Waals surface area contributed by atoms with Gasteiger partial charge in [-0.25, -0.2) is 21.0 Å². The zero-order chi connectivity index (χ0) is 43.6. The molecule has 4 aromatic carbocycles. The van der Waals surface area contributed by atoms with Gasteiger partial charge in [-0.2, -0.15) is 33.7 Å². The fourth-order valence-electron chi connectivity index (χ4n) is 4.69. The Morgan fingerprint density at radius 2 is 1.29 bits per heavy atom. The Morgan fingerprint density at radius 3 is 1.86 bits per heavy atom. The molecule has 0 saturated carbocycles. The van der Waals surface area contributed by atoms with Crippen LogP contribution in [0.4, 0.5) is 28.4 Å². The minimum Gasteiger partial charge on any atom is -0.505 e. The third-order valence-electron chi connectivity index (χ3n) is 7.29. The highest BCUT2D eigenvalue weighted by atomic mass is 32.3. The van der Waals surface area contributed by atoms with Crippen LogP contribution in [0.1, 0.15) is 0 Å². The number of hydrogen-bond acceptors (Lipinski definition) is 20. The fourth-order valence-corrected chi connectivity index (χ4v) is 8.64. The lowest BCUT2D eigenvalue weighted by molar-refractivity contribution is 0.284. The lowest BCUT2D eigenvalue weighted by atomic mass is 10.1. The first-order valence-electron chi connectivity index (χ1n) is 14.9. The van der Waals surface area contributed by atoms with Gasteiger partial charge in [0.1, 0.15) is 44.2 Å². The molecule has 4 aromatic rings. The predicted octanol–water partition coefficient (Wildman–Crippen LogP) is 3.65. The second-order valence-corrected chi connectivity index (χ2v) is 20.5. The number of anilines is 1. The van der Waals surface area contributed by atoms with E-state index in [2.05, 4.69) is 36.5 Å². The van der Waals surface area contributed by atoms with E-state index in [0.29, 0.717) is 17.5 Å². The summed E-state index contributed by atoms with van der Waals surface area (Å²) >= 11 is 0. The molecule has 0 spiro atoms. The van der Waals surface area contributed by atoms with E-state index in [1.54, 1.807) is 0 Å². The Labute approximate surface area is 329 Å². The molecular weight excluding hydrogens is 903 g/mol. The number of rotatable bonds is 17. The standard InChI is InChI=1S/C28H27N5O19S6/c1-3-53(35,36)17-4-7-20(24(13-17)56(42,43)44)30-32-26-19-14-25(57(45,46)47)27(28(34)18(19)6-8-21(26)29-15-55(39,40)41)33-31-22-12-16(5-9-23(22)51-2)54(37,38)11-10-52-58(48,49)50/h3-9,12-14,29,34H,1,10-11,15H2,2H3,(H,39,40,41)(H,42,43,44)(H,45,46,47)(H,48,49,50). The molecule has 0 aliphatic rings. The van der Waals surface area contributed by atoms with Crippen LogP contribution in [0.25, 0.3) is 10.8 Å². The second-order valence-electron chi connectivity index (χ2n) is 11.1. The molecule has 0 aliphatic heterocycles. The van der Waals surface area contributed by atoms with Crippen LogP contribution < -0.4 is 10.1 Å². The van der Waals surface area contributed by atoms with Gasteiger partial charge in [0.05, 0.1) is 34.9 Å². The van der Waals surface area contributed by atoms with Crippen LogP contribution in [0.2, 0.25) is 0 Å². The number of aromatic hydroxyl groups is 1. The molecule has 0 unspecified atom stereocenters. The van der Waals surface area contributed by atoms with Gasteiger partial charge in [-0.3, -0.25) is 18.2 Å². The molecule has 0 aliphatic carbocycles. The average Bonchev–Trinajstić information content (AvgIpc) is 3.10. The van der Waals surface area contributed by atoms with Crippen LogP contribution in [0.5, 0.6) is 11.5 Å². The largest absolute Gasteiger partial charge is 0.505 e. The average molecular weight is 930 g/mol. The summed E-state index contributed by atoms with van der Waals surface area (Å²) in [5.41, 5.74) is -3.15. The van der Waals surface area contributed by atoms with Crippen LogP contribution in [0.15, 0.2) is 107 Å². The zero-order valence-corrected chi connectivity index (χ0v) is 33.7. The van der Waals surface area contributed by atoms with Gasteiger partial charge in [-0.1, -0.05) is 6.58 Å². The number of fused-ring (bicyclic) bond motifs is 1. The van der Waals surface area contributed by atoms with Crippen LogP contribution in [-0.4, -0.2) is 99.2 Å². The molecule has 0 bridgehead atoms. The van der Waals surface area contributed by atoms with Crippen molar-refractivity contribution in [1.82, 2.24) is 0 Å². The Hall–Kier alpha value is -5.02. The van der Waals surface area contributed by atoms with E-state index < -0.39 is 143 Å². The van der Waals surface area contributed by atoms with Crippen molar-refractivity contribution in [3.8, 4) is 11.5 Å². The molecule has 0 atom stereocenters. The third kappa shape index (κ3) is 11.1. The molecule has 0 heterocycles. The smallest absolute Gasteiger partial charge is 0.397 e. The molecule has 0 aromatic heterocycles. The normalized spacial score (nSPS) is 13.3. The number of hydrogen-bond donors (Lipinski definition) is 6. The van der Waals surface area contributed by atoms with E-state index in [1.807, 2.05) is 0 Å². The SMILES string of the molecule is C=CS(=O)(=O)c1ccc(N=Nc2c(NCS(=O)(=O)O)ccc3c(O)c(N=Nc4cc(S(=O)(=O)CCOS(=O)(=O)O)ccc4OC)c(S(=O)(=O)O)cc23)c(S(=O)(=O)O)c1. The van der Waals surface area contributed by atoms with Crippen molar-refractivity contribution in [1.29, 1.82) is 0 Å². The Bertz CT molecular complexity index is 3080. The fraction of sp³-hybridized carbons (Fsp3) is 0.143. The highest BCUT2D eigenvalue weighted by Gasteiger charge is 2.26. The number of nitrogens with one attached hydrogen (secondary N) is 1. The molecule has 58 heavy (non-hydrogen) atoms. The molecule has 0 radical (unpaired) electrons. The molecule has 24 nitrogen and oxygen atoms in total. The summed E-state index contributed by atoms with van der Waals surface area (Å²) in [4.78, 5) is -3.48. The van der Waals surface area contributed by atoms with Crippen molar-refractivity contribution < 1.29 is 82.7 Å². The highest BCUT2D eigenvalue weighted by Crippen LogP contribution is 2.47. The van der Waals surface area contributed by atoms with E-state index >= 15 is 0 Å². The van der Waals surface area contributed by atoms with Gasteiger partial charge in [0.25, 0.3) is 30.4 Å². The molecule has 0 saturated heterocycles. The van der Waals surface area contributed by atoms with E-state index in [-0.39, 0.29) is 5.75 Å². The van der Waals surface area contributed by atoms with E-state index in [1.165, 1.54) is 0 Å². The first-order chi connectivity index (χ1) is 26.6. The molecule has 6 N–H and O–H groups in total. The Kier molecular flexibility index (Phi) is 13.1. The summed E-state index contributed by atoms with van der Waals surface area (Å²) < 4.78 is 192.